The van der Waals surface area contributed by atoms with Crippen molar-refractivity contribution in [2.45, 2.75) is 6.42 Å². The maximum Gasteiger partial charge on any atom is 0.169 e. The number of rotatable bonds is 7. The topological polar surface area (TPSA) is 60.3 Å². The quantitative estimate of drug-likeness (QED) is 0.798. The molecule has 2 aromatic carbocycles. The molecule has 0 saturated carbocycles. The summed E-state index contributed by atoms with van der Waals surface area (Å²) in [7, 11) is 4.76. The van der Waals surface area contributed by atoms with Crippen LogP contribution in [0.25, 0.3) is 0 Å². The molecule has 0 bridgehead atoms. The lowest BCUT2D eigenvalue weighted by atomic mass is 10.1. The molecular formula is C18H21NO4. The van der Waals surface area contributed by atoms with Crippen LogP contribution in [0.3, 0.4) is 0 Å². The third kappa shape index (κ3) is 4.16. The van der Waals surface area contributed by atoms with E-state index in [0.29, 0.717) is 23.8 Å². The summed E-state index contributed by atoms with van der Waals surface area (Å²) in [6.07, 6.45) is 2.48. The average Bonchev–Trinajstić information content (AvgIpc) is 2.58. The first-order chi connectivity index (χ1) is 11.2. The number of aliphatic imine (C=N–C) groups is 1. The van der Waals surface area contributed by atoms with Crippen LogP contribution in [0.2, 0.25) is 0 Å². The van der Waals surface area contributed by atoms with Crippen molar-refractivity contribution in [1.82, 2.24) is 0 Å². The summed E-state index contributed by atoms with van der Waals surface area (Å²) >= 11 is 0. The van der Waals surface area contributed by atoms with Gasteiger partial charge in [0.15, 0.2) is 23.0 Å². The summed E-state index contributed by atoms with van der Waals surface area (Å²) in [5.41, 5.74) is 1.86. The predicted molar refractivity (Wildman–Crippen MR) is 90.4 cm³/mol. The molecule has 0 atom stereocenters. The molecule has 5 nitrogen and oxygen atoms in total. The molecule has 23 heavy (non-hydrogen) atoms. The van der Waals surface area contributed by atoms with E-state index in [1.54, 1.807) is 32.6 Å². The smallest absolute Gasteiger partial charge is 0.169 e. The van der Waals surface area contributed by atoms with Gasteiger partial charge in [0.05, 0.1) is 21.3 Å². The van der Waals surface area contributed by atoms with Crippen LogP contribution in [0.15, 0.2) is 41.4 Å². The van der Waals surface area contributed by atoms with Crippen LogP contribution in [0.4, 0.5) is 0 Å². The normalized spacial score (nSPS) is 10.7. The number of aromatic hydroxyl groups is 1. The highest BCUT2D eigenvalue weighted by Crippen LogP contribution is 2.29. The molecule has 0 aliphatic heterocycles. The molecule has 0 aromatic heterocycles. The van der Waals surface area contributed by atoms with Crippen LogP contribution < -0.4 is 14.2 Å². The molecule has 0 unspecified atom stereocenters. The maximum atomic E-state index is 9.72. The van der Waals surface area contributed by atoms with Crippen molar-refractivity contribution in [2.24, 2.45) is 4.99 Å². The molecule has 2 rings (SSSR count). The van der Waals surface area contributed by atoms with Crippen molar-refractivity contribution in [3.63, 3.8) is 0 Å². The fourth-order valence-corrected chi connectivity index (χ4v) is 2.26. The number of ether oxygens (including phenoxy) is 3. The Morgan fingerprint density at radius 2 is 1.78 bits per heavy atom. The SMILES string of the molecule is COc1ccc(CCN=Cc2cccc(O)c2OC)cc1OC. The van der Waals surface area contributed by atoms with E-state index in [1.165, 1.54) is 7.11 Å². The summed E-state index contributed by atoms with van der Waals surface area (Å²) in [5.74, 6) is 1.96. The van der Waals surface area contributed by atoms with Gasteiger partial charge in [0.1, 0.15) is 0 Å². The summed E-state index contributed by atoms with van der Waals surface area (Å²) < 4.78 is 15.7. The van der Waals surface area contributed by atoms with Crippen molar-refractivity contribution in [3.05, 3.63) is 47.5 Å². The van der Waals surface area contributed by atoms with Gasteiger partial charge in [0.25, 0.3) is 0 Å². The minimum absolute atomic E-state index is 0.108. The standard InChI is InChI=1S/C18H21NO4/c1-21-16-8-7-13(11-17(16)22-2)9-10-19-12-14-5-4-6-15(20)18(14)23-3/h4-8,11-12,20H,9-10H2,1-3H3. The van der Waals surface area contributed by atoms with Gasteiger partial charge in [-0.25, -0.2) is 0 Å². The van der Waals surface area contributed by atoms with Crippen LogP contribution in [0, 0.1) is 0 Å². The molecule has 0 aliphatic carbocycles. The van der Waals surface area contributed by atoms with Gasteiger partial charge in [0, 0.05) is 18.3 Å². The Balaban J connectivity index is 2.01. The van der Waals surface area contributed by atoms with Crippen LogP contribution in [0.1, 0.15) is 11.1 Å². The summed E-state index contributed by atoms with van der Waals surface area (Å²) in [6, 6.07) is 11.0. The Kier molecular flexibility index (Phi) is 5.86. The Bertz CT molecular complexity index is 683. The van der Waals surface area contributed by atoms with E-state index in [4.69, 9.17) is 14.2 Å². The third-order valence-corrected chi connectivity index (χ3v) is 3.44. The molecule has 0 spiro atoms. The molecule has 0 saturated heterocycles. The van der Waals surface area contributed by atoms with Gasteiger partial charge < -0.3 is 19.3 Å². The second-order valence-corrected chi connectivity index (χ2v) is 4.87. The van der Waals surface area contributed by atoms with Gasteiger partial charge in [-0.1, -0.05) is 12.1 Å². The number of hydrogen-bond donors (Lipinski definition) is 1. The molecule has 0 aliphatic rings. The van der Waals surface area contributed by atoms with E-state index in [2.05, 4.69) is 4.99 Å². The van der Waals surface area contributed by atoms with Crippen molar-refractivity contribution < 1.29 is 19.3 Å². The van der Waals surface area contributed by atoms with Crippen LogP contribution in [0.5, 0.6) is 23.0 Å². The highest BCUT2D eigenvalue weighted by atomic mass is 16.5. The van der Waals surface area contributed by atoms with Gasteiger partial charge >= 0.3 is 0 Å². The van der Waals surface area contributed by atoms with E-state index < -0.39 is 0 Å². The predicted octanol–water partition coefficient (Wildman–Crippen LogP) is 3.08. The Labute approximate surface area is 136 Å². The lowest BCUT2D eigenvalue weighted by Gasteiger charge is -2.09. The molecule has 1 N–H and O–H groups in total. The minimum atomic E-state index is 0.108. The van der Waals surface area contributed by atoms with E-state index in [1.807, 2.05) is 24.3 Å². The number of benzene rings is 2. The average molecular weight is 315 g/mol. The van der Waals surface area contributed by atoms with Gasteiger partial charge in [-0.3, -0.25) is 4.99 Å². The van der Waals surface area contributed by atoms with Gasteiger partial charge in [-0.15, -0.1) is 0 Å². The van der Waals surface area contributed by atoms with Gasteiger partial charge in [-0.2, -0.15) is 0 Å². The summed E-state index contributed by atoms with van der Waals surface area (Å²) in [5, 5.41) is 9.72. The van der Waals surface area contributed by atoms with Crippen molar-refractivity contribution in [3.8, 4) is 23.0 Å². The van der Waals surface area contributed by atoms with Crippen molar-refractivity contribution in [2.75, 3.05) is 27.9 Å². The zero-order valence-electron chi connectivity index (χ0n) is 13.6. The highest BCUT2D eigenvalue weighted by Gasteiger charge is 2.06. The lowest BCUT2D eigenvalue weighted by molar-refractivity contribution is 0.354. The van der Waals surface area contributed by atoms with Gasteiger partial charge in [0.2, 0.25) is 0 Å². The monoisotopic (exact) mass is 315 g/mol. The largest absolute Gasteiger partial charge is 0.504 e. The number of methoxy groups -OCH3 is 3. The molecule has 2 aromatic rings. The van der Waals surface area contributed by atoms with Crippen LogP contribution >= 0.6 is 0 Å². The first-order valence-electron chi connectivity index (χ1n) is 7.26. The Morgan fingerprint density at radius 1 is 1.00 bits per heavy atom. The third-order valence-electron chi connectivity index (χ3n) is 3.44. The fraction of sp³-hybridized carbons (Fsp3) is 0.278. The van der Waals surface area contributed by atoms with Gasteiger partial charge in [-0.05, 0) is 36.2 Å². The second kappa shape index (κ2) is 8.08. The van der Waals surface area contributed by atoms with Crippen LogP contribution in [-0.2, 0) is 6.42 Å². The first-order valence-corrected chi connectivity index (χ1v) is 7.26. The van der Waals surface area contributed by atoms with E-state index in [9.17, 15) is 5.11 Å². The van der Waals surface area contributed by atoms with Crippen molar-refractivity contribution in [1.29, 1.82) is 0 Å². The lowest BCUT2D eigenvalue weighted by Crippen LogP contribution is -1.96. The number of phenolic OH excluding ortho intramolecular Hbond substituents is 1. The van der Waals surface area contributed by atoms with Crippen LogP contribution in [-0.4, -0.2) is 39.2 Å². The minimum Gasteiger partial charge on any atom is -0.504 e. The fourth-order valence-electron chi connectivity index (χ4n) is 2.26. The number of hydrogen-bond acceptors (Lipinski definition) is 5. The molecular weight excluding hydrogens is 294 g/mol. The Morgan fingerprint density at radius 3 is 2.48 bits per heavy atom. The second-order valence-electron chi connectivity index (χ2n) is 4.87. The summed E-state index contributed by atoms with van der Waals surface area (Å²) in [4.78, 5) is 4.40. The molecule has 0 fully saturated rings. The first kappa shape index (κ1) is 16.7. The van der Waals surface area contributed by atoms with E-state index in [-0.39, 0.29) is 5.75 Å². The van der Waals surface area contributed by atoms with E-state index >= 15 is 0 Å². The molecule has 0 heterocycles. The number of phenols is 1. The number of nitrogens with zero attached hydrogens (tertiary/aromatic N) is 1. The molecule has 122 valence electrons. The van der Waals surface area contributed by atoms with Crippen molar-refractivity contribution >= 4 is 6.21 Å². The zero-order valence-corrected chi connectivity index (χ0v) is 13.6. The summed E-state index contributed by atoms with van der Waals surface area (Å²) in [6.45, 7) is 0.619. The zero-order chi connectivity index (χ0) is 16.7. The molecule has 0 amide bonds. The van der Waals surface area contributed by atoms with E-state index in [0.717, 1.165) is 17.5 Å². The molecule has 0 radical (unpaired) electrons. The number of para-hydroxylation sites is 1. The highest BCUT2D eigenvalue weighted by molar-refractivity contribution is 5.84. The molecule has 5 heteroatoms. The maximum absolute atomic E-state index is 9.72. The Hall–Kier alpha value is -2.69.